The van der Waals surface area contributed by atoms with Crippen LogP contribution < -0.4 is 11.2 Å². The van der Waals surface area contributed by atoms with E-state index in [4.69, 9.17) is 5.73 Å². The maximum atomic E-state index is 12.6. The van der Waals surface area contributed by atoms with Crippen LogP contribution in [0.3, 0.4) is 0 Å². The van der Waals surface area contributed by atoms with Crippen molar-refractivity contribution in [1.82, 2.24) is 5.43 Å². The van der Waals surface area contributed by atoms with Crippen molar-refractivity contribution in [3.63, 3.8) is 0 Å². The van der Waals surface area contributed by atoms with E-state index in [-0.39, 0.29) is 5.69 Å². The Kier molecular flexibility index (Phi) is 2.95. The van der Waals surface area contributed by atoms with Crippen LogP contribution in [0.15, 0.2) is 29.3 Å². The summed E-state index contributed by atoms with van der Waals surface area (Å²) in [7, 11) is 0. The number of benzene rings is 1. The summed E-state index contributed by atoms with van der Waals surface area (Å²) in [5, 5.41) is 9.08. The van der Waals surface area contributed by atoms with Gasteiger partial charge in [0.1, 0.15) is 5.82 Å². The van der Waals surface area contributed by atoms with E-state index in [0.717, 1.165) is 6.07 Å². The van der Waals surface area contributed by atoms with Gasteiger partial charge in [0, 0.05) is 0 Å². The highest BCUT2D eigenvalue weighted by molar-refractivity contribution is 5.79. The van der Waals surface area contributed by atoms with E-state index in [0.29, 0.717) is 0 Å². The molecule has 6 nitrogen and oxygen atoms in total. The zero-order valence-corrected chi connectivity index (χ0v) is 6.98. The van der Waals surface area contributed by atoms with Crippen LogP contribution in [0.4, 0.5) is 10.1 Å². The quantitative estimate of drug-likeness (QED) is 0.314. The summed E-state index contributed by atoms with van der Waals surface area (Å²) >= 11 is 0. The first kappa shape index (κ1) is 9.90. The van der Waals surface area contributed by atoms with Gasteiger partial charge < -0.3 is 5.73 Å². The fourth-order valence-corrected chi connectivity index (χ4v) is 0.803. The highest BCUT2D eigenvalue weighted by Gasteiger charge is 1.99. The predicted octanol–water partition coefficient (Wildman–Crippen LogP) is 0.553. The number of nitrogens with one attached hydrogen (secondary N) is 1. The molecule has 0 radical (unpaired) electrons. The summed E-state index contributed by atoms with van der Waals surface area (Å²) in [5.41, 5.74) is 6.98. The highest BCUT2D eigenvalue weighted by Crippen LogP contribution is 2.12. The first-order valence-electron chi connectivity index (χ1n) is 3.58. The van der Waals surface area contributed by atoms with Gasteiger partial charge in [0.2, 0.25) is 0 Å². The zero-order chi connectivity index (χ0) is 10.6. The average molecular weight is 198 g/mol. The number of guanidine groups is 1. The second kappa shape index (κ2) is 4.17. The molecule has 0 fully saturated rings. The molecular formula is C7H7FN4O2. The molecule has 3 N–H and O–H groups in total. The minimum absolute atomic E-state index is 0.205. The minimum Gasteiger partial charge on any atom is -0.365 e. The molecule has 0 saturated carbocycles. The van der Waals surface area contributed by atoms with E-state index >= 15 is 0 Å². The van der Waals surface area contributed by atoms with E-state index in [2.05, 4.69) is 4.99 Å². The van der Waals surface area contributed by atoms with Crippen molar-refractivity contribution in [2.24, 2.45) is 10.7 Å². The molecule has 0 aliphatic heterocycles. The topological polar surface area (TPSA) is 93.5 Å². The van der Waals surface area contributed by atoms with Crippen LogP contribution in [0.1, 0.15) is 0 Å². The van der Waals surface area contributed by atoms with Gasteiger partial charge >= 0.3 is 0 Å². The maximum Gasteiger partial charge on any atom is 0.256 e. The molecule has 0 atom stereocenters. The van der Waals surface area contributed by atoms with Crippen molar-refractivity contribution < 1.29 is 9.42 Å². The van der Waals surface area contributed by atoms with Gasteiger partial charge in [-0.05, 0) is 18.2 Å². The molecule has 0 spiro atoms. The molecule has 0 bridgehead atoms. The molecule has 14 heavy (non-hydrogen) atoms. The molecule has 0 aliphatic carbocycles. The minimum atomic E-state index is -0.849. The van der Waals surface area contributed by atoms with Gasteiger partial charge in [-0.25, -0.2) is 19.5 Å². The van der Waals surface area contributed by atoms with Crippen LogP contribution in [-0.2, 0) is 0 Å². The number of hydrogen-bond acceptors (Lipinski definition) is 3. The van der Waals surface area contributed by atoms with Crippen molar-refractivity contribution in [3.05, 3.63) is 40.2 Å². The van der Waals surface area contributed by atoms with Crippen LogP contribution in [0, 0.1) is 15.9 Å². The van der Waals surface area contributed by atoms with Crippen LogP contribution in [0.5, 0.6) is 0 Å². The molecule has 7 heteroatoms. The molecule has 1 aromatic rings. The summed E-state index contributed by atoms with van der Waals surface area (Å²) in [6.07, 6.45) is 0. The molecule has 1 rings (SSSR count). The number of hydrazine groups is 1. The molecule has 0 aliphatic rings. The Morgan fingerprint density at radius 1 is 1.64 bits per heavy atom. The number of nitrogens with zero attached hydrogens (tertiary/aromatic N) is 2. The third-order valence-electron chi connectivity index (χ3n) is 1.26. The lowest BCUT2D eigenvalue weighted by Gasteiger charge is -1.96. The number of rotatable bonds is 2. The summed E-state index contributed by atoms with van der Waals surface area (Å²) in [4.78, 5) is 13.5. The van der Waals surface area contributed by atoms with Crippen molar-refractivity contribution >= 4 is 11.6 Å². The van der Waals surface area contributed by atoms with Crippen LogP contribution in [0.2, 0.25) is 0 Å². The molecule has 0 aromatic heterocycles. The number of halogens is 1. The number of nitro groups is 1. The molecule has 0 amide bonds. The molecular weight excluding hydrogens is 191 g/mol. The molecule has 0 saturated heterocycles. The summed E-state index contributed by atoms with van der Waals surface area (Å²) in [6.45, 7) is 0. The molecule has 0 unspecified atom stereocenters. The first-order valence-corrected chi connectivity index (χ1v) is 3.58. The summed E-state index contributed by atoms with van der Waals surface area (Å²) in [6, 6.07) is 5.23. The van der Waals surface area contributed by atoms with Crippen molar-refractivity contribution in [2.75, 3.05) is 0 Å². The van der Waals surface area contributed by atoms with Gasteiger partial charge in [0.25, 0.3) is 5.96 Å². The van der Waals surface area contributed by atoms with Gasteiger partial charge in [0.05, 0.1) is 5.69 Å². The van der Waals surface area contributed by atoms with E-state index in [9.17, 15) is 14.5 Å². The fraction of sp³-hybridized carbons (Fsp3) is 0. The fourth-order valence-electron chi connectivity index (χ4n) is 0.803. The average Bonchev–Trinajstić information content (AvgIpc) is 2.01. The van der Waals surface area contributed by atoms with Crippen LogP contribution in [-0.4, -0.2) is 11.0 Å². The maximum absolute atomic E-state index is 12.6. The zero-order valence-electron chi connectivity index (χ0n) is 6.98. The molecule has 74 valence electrons. The largest absolute Gasteiger partial charge is 0.365 e. The monoisotopic (exact) mass is 198 g/mol. The lowest BCUT2D eigenvalue weighted by Crippen LogP contribution is -2.35. The Morgan fingerprint density at radius 2 is 2.36 bits per heavy atom. The standard InChI is InChI=1S/C7H7FN4O2/c8-5-2-1-3-6(4-5)10-7(9)11-12(13)14/h1-4H,(H3,9,10,11). The van der Waals surface area contributed by atoms with Gasteiger partial charge in [-0.1, -0.05) is 11.5 Å². The van der Waals surface area contributed by atoms with Crippen molar-refractivity contribution in [3.8, 4) is 0 Å². The number of nitrogens with two attached hydrogens (primary N) is 1. The van der Waals surface area contributed by atoms with Crippen molar-refractivity contribution in [2.45, 2.75) is 0 Å². The Hall–Kier alpha value is -2.18. The van der Waals surface area contributed by atoms with E-state index in [1.54, 1.807) is 5.43 Å². The highest BCUT2D eigenvalue weighted by atomic mass is 19.1. The normalized spacial score (nSPS) is 11.1. The van der Waals surface area contributed by atoms with Gasteiger partial charge in [-0.2, -0.15) is 0 Å². The van der Waals surface area contributed by atoms with E-state index in [1.165, 1.54) is 18.2 Å². The SMILES string of the molecule is NC(=Nc1cccc(F)c1)N[N+](=O)[O-]. The first-order chi connectivity index (χ1) is 6.58. The van der Waals surface area contributed by atoms with Crippen LogP contribution >= 0.6 is 0 Å². The number of hydrogen-bond donors (Lipinski definition) is 2. The third-order valence-corrected chi connectivity index (χ3v) is 1.26. The van der Waals surface area contributed by atoms with E-state index in [1.807, 2.05) is 0 Å². The Balaban J connectivity index is 2.80. The number of aliphatic imine (C=N–C) groups is 1. The summed E-state index contributed by atoms with van der Waals surface area (Å²) < 4.78 is 12.6. The Labute approximate surface area is 78.4 Å². The van der Waals surface area contributed by atoms with Crippen LogP contribution in [0.25, 0.3) is 0 Å². The second-order valence-corrected chi connectivity index (χ2v) is 2.35. The third kappa shape index (κ3) is 3.05. The van der Waals surface area contributed by atoms with Gasteiger partial charge in [0.15, 0.2) is 5.03 Å². The lowest BCUT2D eigenvalue weighted by atomic mass is 10.3. The molecule has 0 heterocycles. The Bertz CT molecular complexity index is 380. The smallest absolute Gasteiger partial charge is 0.256 e. The molecule has 1 aromatic carbocycles. The van der Waals surface area contributed by atoms with Gasteiger partial charge in [-0.3, -0.25) is 0 Å². The Morgan fingerprint density at radius 3 is 2.93 bits per heavy atom. The predicted molar refractivity (Wildman–Crippen MR) is 47.8 cm³/mol. The summed E-state index contributed by atoms with van der Waals surface area (Å²) in [5.74, 6) is -0.888. The van der Waals surface area contributed by atoms with Crippen molar-refractivity contribution in [1.29, 1.82) is 0 Å². The van der Waals surface area contributed by atoms with E-state index < -0.39 is 16.8 Å². The lowest BCUT2D eigenvalue weighted by molar-refractivity contribution is -0.525. The second-order valence-electron chi connectivity index (χ2n) is 2.35. The van der Waals surface area contributed by atoms with Gasteiger partial charge in [-0.15, -0.1) is 0 Å².